The molecule has 0 spiro atoms. The molecule has 7 heteroatoms. The first-order valence-corrected chi connectivity index (χ1v) is 13.9. The summed E-state index contributed by atoms with van der Waals surface area (Å²) in [6.07, 6.45) is 0. The Bertz CT molecular complexity index is 520. The largest absolute Gasteiger partial charge is 0.543 e. The number of benzene rings is 1. The van der Waals surface area contributed by atoms with Crippen LogP contribution in [0.4, 0.5) is 0 Å². The molecule has 3 nitrogen and oxygen atoms in total. The van der Waals surface area contributed by atoms with E-state index in [1.165, 1.54) is 0 Å². The molecule has 0 bridgehead atoms. The van der Waals surface area contributed by atoms with Crippen molar-refractivity contribution in [3.8, 4) is 5.75 Å². The summed E-state index contributed by atoms with van der Waals surface area (Å²) in [6.45, 7) is 11.9. The Morgan fingerprint density at radius 2 is 1.55 bits per heavy atom. The number of rotatable bonds is 4. The number of carbonyl (C=O) groups is 1. The molecule has 112 valence electrons. The quantitative estimate of drug-likeness (QED) is 0.700. The van der Waals surface area contributed by atoms with Crippen LogP contribution in [0.25, 0.3) is 0 Å². The number of hydrogen-bond donors (Lipinski definition) is 0. The van der Waals surface area contributed by atoms with Crippen molar-refractivity contribution in [2.75, 3.05) is 0 Å². The Balaban J connectivity index is 3.26. The first-order chi connectivity index (χ1) is 8.89. The second-order valence-corrected chi connectivity index (χ2v) is 16.2. The molecule has 1 aromatic rings. The summed E-state index contributed by atoms with van der Waals surface area (Å²) >= 11 is 12.2. The predicted molar refractivity (Wildman–Crippen MR) is 89.2 cm³/mol. The van der Waals surface area contributed by atoms with Crippen molar-refractivity contribution in [2.45, 2.75) is 39.3 Å². The zero-order valence-electron chi connectivity index (χ0n) is 12.6. The predicted octanol–water partition coefficient (Wildman–Crippen LogP) is 5.20. The van der Waals surface area contributed by atoms with E-state index in [-0.39, 0.29) is 0 Å². The lowest BCUT2D eigenvalue weighted by atomic mass is 10.2. The molecule has 1 rings (SSSR count). The monoisotopic (exact) mass is 350 g/mol. The van der Waals surface area contributed by atoms with E-state index in [1.54, 1.807) is 12.1 Å². The van der Waals surface area contributed by atoms with Gasteiger partial charge in [0.15, 0.2) is 0 Å². The lowest BCUT2D eigenvalue weighted by Crippen LogP contribution is -2.32. The van der Waals surface area contributed by atoms with Crippen molar-refractivity contribution < 1.29 is 13.6 Å². The van der Waals surface area contributed by atoms with Crippen LogP contribution in [0.5, 0.6) is 5.75 Å². The molecule has 20 heavy (non-hydrogen) atoms. The van der Waals surface area contributed by atoms with E-state index in [1.807, 2.05) is 39.3 Å². The molecule has 0 aromatic heterocycles. The molecule has 0 aliphatic rings. The SMILES string of the molecule is C[Si](C)(C)OC(=O)c1cc(Cl)cc(Cl)c1O[Si](C)(C)C. The van der Waals surface area contributed by atoms with Crippen LogP contribution in [0.15, 0.2) is 12.1 Å². The van der Waals surface area contributed by atoms with Gasteiger partial charge in [0, 0.05) is 5.02 Å². The maximum Gasteiger partial charge on any atom is 0.328 e. The Morgan fingerprint density at radius 1 is 1.00 bits per heavy atom. The second kappa shape index (κ2) is 6.09. The zero-order chi connectivity index (χ0) is 15.7. The lowest BCUT2D eigenvalue weighted by molar-refractivity contribution is 0.0722. The maximum atomic E-state index is 12.3. The molecule has 0 amide bonds. The van der Waals surface area contributed by atoms with E-state index < -0.39 is 22.6 Å². The minimum Gasteiger partial charge on any atom is -0.543 e. The Kier molecular flexibility index (Phi) is 5.35. The molecule has 0 N–H and O–H groups in total. The molecule has 0 aliphatic carbocycles. The molecule has 0 saturated heterocycles. The van der Waals surface area contributed by atoms with Gasteiger partial charge in [-0.3, -0.25) is 0 Å². The number of carbonyl (C=O) groups excluding carboxylic acids is 1. The van der Waals surface area contributed by atoms with Gasteiger partial charge in [0.05, 0.1) is 5.02 Å². The summed E-state index contributed by atoms with van der Waals surface area (Å²) in [6, 6.07) is 3.12. The lowest BCUT2D eigenvalue weighted by Gasteiger charge is -2.24. The maximum absolute atomic E-state index is 12.3. The highest BCUT2D eigenvalue weighted by Gasteiger charge is 2.27. The average molecular weight is 351 g/mol. The van der Waals surface area contributed by atoms with Crippen molar-refractivity contribution >= 4 is 45.8 Å². The Hall–Kier alpha value is -0.496. The Morgan fingerprint density at radius 3 is 2.00 bits per heavy atom. The second-order valence-electron chi connectivity index (χ2n) is 6.48. The van der Waals surface area contributed by atoms with Gasteiger partial charge in [-0.25, -0.2) is 4.79 Å². The molecule has 0 aliphatic heterocycles. The molecule has 0 unspecified atom stereocenters. The highest BCUT2D eigenvalue weighted by Crippen LogP contribution is 2.35. The van der Waals surface area contributed by atoms with Crippen molar-refractivity contribution in [2.24, 2.45) is 0 Å². The molecule has 0 fully saturated rings. The van der Waals surface area contributed by atoms with Crippen molar-refractivity contribution in [1.82, 2.24) is 0 Å². The summed E-state index contributed by atoms with van der Waals surface area (Å²) < 4.78 is 11.4. The zero-order valence-corrected chi connectivity index (χ0v) is 16.1. The molecule has 0 radical (unpaired) electrons. The normalized spacial score (nSPS) is 12.2. The van der Waals surface area contributed by atoms with Gasteiger partial charge in [0.1, 0.15) is 11.3 Å². The van der Waals surface area contributed by atoms with E-state index in [2.05, 4.69) is 0 Å². The van der Waals surface area contributed by atoms with Crippen LogP contribution < -0.4 is 4.43 Å². The fourth-order valence-electron chi connectivity index (χ4n) is 1.45. The highest BCUT2D eigenvalue weighted by molar-refractivity contribution is 6.71. The molecule has 1 aromatic carbocycles. The van der Waals surface area contributed by atoms with E-state index >= 15 is 0 Å². The van der Waals surface area contributed by atoms with Gasteiger partial charge >= 0.3 is 5.97 Å². The third kappa shape index (κ3) is 5.48. The van der Waals surface area contributed by atoms with E-state index in [0.717, 1.165) is 0 Å². The van der Waals surface area contributed by atoms with Gasteiger partial charge in [-0.1, -0.05) is 23.2 Å². The fourth-order valence-corrected chi connectivity index (χ4v) is 3.55. The highest BCUT2D eigenvalue weighted by atomic mass is 35.5. The van der Waals surface area contributed by atoms with Crippen LogP contribution in [-0.4, -0.2) is 22.6 Å². The van der Waals surface area contributed by atoms with Crippen molar-refractivity contribution in [3.63, 3.8) is 0 Å². The minimum absolute atomic E-state index is 0.298. The van der Waals surface area contributed by atoms with Gasteiger partial charge in [-0.05, 0) is 51.4 Å². The van der Waals surface area contributed by atoms with Gasteiger partial charge in [0.25, 0.3) is 0 Å². The summed E-state index contributed by atoms with van der Waals surface area (Å²) in [7, 11) is -3.91. The average Bonchev–Trinajstić information content (AvgIpc) is 2.17. The molecule has 0 saturated carbocycles. The minimum atomic E-state index is -2.00. The molecule has 0 atom stereocenters. The van der Waals surface area contributed by atoms with Gasteiger partial charge < -0.3 is 8.85 Å². The summed E-state index contributed by atoms with van der Waals surface area (Å²) in [5.74, 6) is -0.0553. The topological polar surface area (TPSA) is 35.5 Å². The van der Waals surface area contributed by atoms with Crippen molar-refractivity contribution in [1.29, 1.82) is 0 Å². The Labute approximate surface area is 132 Å². The van der Waals surface area contributed by atoms with Crippen LogP contribution in [0.3, 0.4) is 0 Å². The van der Waals surface area contributed by atoms with E-state index in [9.17, 15) is 4.79 Å². The smallest absolute Gasteiger partial charge is 0.328 e. The third-order valence-corrected chi connectivity index (χ3v) is 4.15. The number of halogens is 2. The molecular formula is C13H20Cl2O3Si2. The third-order valence-electron chi connectivity index (χ3n) is 2.04. The van der Waals surface area contributed by atoms with Crippen LogP contribution >= 0.6 is 23.2 Å². The molecular weight excluding hydrogens is 331 g/mol. The standard InChI is InChI=1S/C13H20Cl2O3Si2/c1-19(2,3)17-12-10(7-9(14)8-11(12)15)13(16)18-20(4,5)6/h7-8H,1-6H3. The molecule has 0 heterocycles. The van der Waals surface area contributed by atoms with Crippen LogP contribution in [-0.2, 0) is 4.43 Å². The van der Waals surface area contributed by atoms with E-state index in [0.29, 0.717) is 21.4 Å². The van der Waals surface area contributed by atoms with Crippen molar-refractivity contribution in [3.05, 3.63) is 27.7 Å². The first-order valence-electron chi connectivity index (χ1n) is 6.30. The fraction of sp³-hybridized carbons (Fsp3) is 0.462. The van der Waals surface area contributed by atoms with E-state index in [4.69, 9.17) is 32.1 Å². The summed E-state index contributed by atoms with van der Waals surface area (Å²) in [5, 5.41) is 0.725. The van der Waals surface area contributed by atoms with Crippen LogP contribution in [0.2, 0.25) is 49.3 Å². The summed E-state index contributed by atoms with van der Waals surface area (Å²) in [4.78, 5) is 12.3. The van der Waals surface area contributed by atoms with Crippen LogP contribution in [0.1, 0.15) is 10.4 Å². The van der Waals surface area contributed by atoms with Gasteiger partial charge in [-0.2, -0.15) is 0 Å². The van der Waals surface area contributed by atoms with Crippen LogP contribution in [0, 0.1) is 0 Å². The summed E-state index contributed by atoms with van der Waals surface area (Å²) in [5.41, 5.74) is 0.298. The van der Waals surface area contributed by atoms with Gasteiger partial charge in [0.2, 0.25) is 16.6 Å². The first kappa shape index (κ1) is 17.6. The number of hydrogen-bond acceptors (Lipinski definition) is 3. The van der Waals surface area contributed by atoms with Gasteiger partial charge in [-0.15, -0.1) is 0 Å².